The Morgan fingerprint density at radius 2 is 1.97 bits per heavy atom. The van der Waals surface area contributed by atoms with Crippen LogP contribution in [-0.4, -0.2) is 62.5 Å². The molecule has 6 rings (SSSR count). The second kappa shape index (κ2) is 8.75. The zero-order valence-corrected chi connectivity index (χ0v) is 18.8. The fourth-order valence-corrected chi connectivity index (χ4v) is 5.09. The van der Waals surface area contributed by atoms with Gasteiger partial charge in [-0.05, 0) is 36.7 Å². The predicted octanol–water partition coefficient (Wildman–Crippen LogP) is 1.92. The Kier molecular flexibility index (Phi) is 5.44. The van der Waals surface area contributed by atoms with E-state index in [0.29, 0.717) is 17.9 Å². The number of ketones is 1. The lowest BCUT2D eigenvalue weighted by Crippen LogP contribution is -2.36. The Balaban J connectivity index is 1.45. The Labute approximate surface area is 197 Å². The standard InChI is InChI=1S/C25H27N7O2/c33-12-11-32-25(27-15-28-32)22-23(17-7-5-16(6-8-17)14-31-9-2-10-31)30-29-19-4-1-3-18-20(34)13-26-24(22)21(18)19/h1,3-8,15,22-23,29-30,33H,2,9-14H2. The lowest BCUT2D eigenvalue weighted by Gasteiger charge is -2.31. The van der Waals surface area contributed by atoms with Crippen LogP contribution >= 0.6 is 0 Å². The topological polar surface area (TPSA) is 108 Å². The highest BCUT2D eigenvalue weighted by atomic mass is 16.3. The number of carbonyl (C=O) groups excluding carboxylic acids is 1. The number of aliphatic hydroxyl groups is 1. The number of anilines is 1. The van der Waals surface area contributed by atoms with Crippen molar-refractivity contribution in [1.82, 2.24) is 25.1 Å². The molecule has 0 bridgehead atoms. The summed E-state index contributed by atoms with van der Waals surface area (Å²) in [5, 5.41) is 14.0. The van der Waals surface area contributed by atoms with Crippen LogP contribution in [0.15, 0.2) is 53.8 Å². The molecular formula is C25H27N7O2. The summed E-state index contributed by atoms with van der Waals surface area (Å²) in [4.78, 5) is 24.5. The second-order valence-electron chi connectivity index (χ2n) is 9.01. The number of nitrogens with zero attached hydrogens (tertiary/aromatic N) is 5. The molecule has 1 fully saturated rings. The van der Waals surface area contributed by atoms with Crippen molar-refractivity contribution in [1.29, 1.82) is 0 Å². The first-order chi connectivity index (χ1) is 16.7. The molecule has 0 radical (unpaired) electrons. The Morgan fingerprint density at radius 1 is 1.12 bits per heavy atom. The van der Waals surface area contributed by atoms with E-state index in [1.54, 1.807) is 4.68 Å². The molecule has 9 heteroatoms. The third-order valence-corrected chi connectivity index (χ3v) is 6.93. The van der Waals surface area contributed by atoms with Gasteiger partial charge in [-0.3, -0.25) is 14.7 Å². The molecule has 3 aromatic rings. The number of benzene rings is 2. The van der Waals surface area contributed by atoms with Crippen LogP contribution in [0.3, 0.4) is 0 Å². The number of aliphatic imine (C=N–C) groups is 1. The van der Waals surface area contributed by atoms with E-state index >= 15 is 0 Å². The summed E-state index contributed by atoms with van der Waals surface area (Å²) in [6, 6.07) is 14.1. The average molecular weight is 458 g/mol. The highest BCUT2D eigenvalue weighted by Gasteiger charge is 2.40. The molecule has 3 aliphatic heterocycles. The number of rotatable bonds is 6. The molecule has 4 heterocycles. The van der Waals surface area contributed by atoms with E-state index < -0.39 is 0 Å². The minimum absolute atomic E-state index is 0.00627. The Hall–Kier alpha value is -3.40. The van der Waals surface area contributed by atoms with Crippen LogP contribution in [0.25, 0.3) is 0 Å². The molecular weight excluding hydrogens is 430 g/mol. The number of carbonyl (C=O) groups is 1. The molecule has 3 aliphatic rings. The first kappa shape index (κ1) is 21.2. The third kappa shape index (κ3) is 3.62. The van der Waals surface area contributed by atoms with Crippen molar-refractivity contribution in [2.24, 2.45) is 4.99 Å². The molecule has 0 saturated carbocycles. The molecule has 9 nitrogen and oxygen atoms in total. The van der Waals surface area contributed by atoms with Crippen molar-refractivity contribution in [3.05, 3.63) is 76.9 Å². The first-order valence-electron chi connectivity index (χ1n) is 11.7. The quantitative estimate of drug-likeness (QED) is 0.519. The molecule has 1 aromatic heterocycles. The maximum Gasteiger partial charge on any atom is 0.184 e. The van der Waals surface area contributed by atoms with Gasteiger partial charge in [0.05, 0.1) is 36.5 Å². The van der Waals surface area contributed by atoms with E-state index in [1.165, 1.54) is 18.3 Å². The molecule has 0 aliphatic carbocycles. The van der Waals surface area contributed by atoms with Gasteiger partial charge in [0.1, 0.15) is 18.7 Å². The summed E-state index contributed by atoms with van der Waals surface area (Å²) in [5.74, 6) is 0.402. The fraction of sp³-hybridized carbons (Fsp3) is 0.360. The molecule has 0 amide bonds. The third-order valence-electron chi connectivity index (χ3n) is 6.93. The number of hydrogen-bond acceptors (Lipinski definition) is 8. The number of likely N-dealkylation sites (tertiary alicyclic amines) is 1. The van der Waals surface area contributed by atoms with E-state index in [1.807, 2.05) is 18.2 Å². The summed E-state index contributed by atoms with van der Waals surface area (Å²) >= 11 is 0. The number of hydrogen-bond donors (Lipinski definition) is 3. The minimum Gasteiger partial charge on any atom is -0.394 e. The number of Topliss-reactive ketones (excluding diaryl/α,β-unsaturated/α-hetero) is 1. The van der Waals surface area contributed by atoms with Crippen LogP contribution in [-0.2, 0) is 13.1 Å². The van der Waals surface area contributed by atoms with Gasteiger partial charge in [0.25, 0.3) is 0 Å². The van der Waals surface area contributed by atoms with Crippen LogP contribution in [0, 0.1) is 0 Å². The maximum absolute atomic E-state index is 12.7. The monoisotopic (exact) mass is 457 g/mol. The molecule has 174 valence electrons. The van der Waals surface area contributed by atoms with Gasteiger partial charge in [-0.1, -0.05) is 36.4 Å². The van der Waals surface area contributed by atoms with Crippen LogP contribution in [0.2, 0.25) is 0 Å². The van der Waals surface area contributed by atoms with E-state index in [4.69, 9.17) is 4.99 Å². The normalized spacial score (nSPS) is 21.8. The summed E-state index contributed by atoms with van der Waals surface area (Å²) < 4.78 is 1.73. The summed E-state index contributed by atoms with van der Waals surface area (Å²) in [7, 11) is 0. The largest absolute Gasteiger partial charge is 0.394 e. The van der Waals surface area contributed by atoms with Crippen LogP contribution < -0.4 is 10.9 Å². The summed E-state index contributed by atoms with van der Waals surface area (Å²) in [6.07, 6.45) is 2.79. The number of nitrogens with one attached hydrogen (secondary N) is 2. The molecule has 1 saturated heterocycles. The van der Waals surface area contributed by atoms with Gasteiger partial charge in [-0.2, -0.15) is 5.10 Å². The van der Waals surface area contributed by atoms with Crippen molar-refractivity contribution in [3.63, 3.8) is 0 Å². The Morgan fingerprint density at radius 3 is 2.74 bits per heavy atom. The highest BCUT2D eigenvalue weighted by Crippen LogP contribution is 2.40. The van der Waals surface area contributed by atoms with Crippen molar-refractivity contribution in [2.45, 2.75) is 31.5 Å². The van der Waals surface area contributed by atoms with E-state index in [2.05, 4.69) is 50.1 Å². The van der Waals surface area contributed by atoms with Gasteiger partial charge in [0.2, 0.25) is 0 Å². The zero-order valence-electron chi connectivity index (χ0n) is 18.8. The smallest absolute Gasteiger partial charge is 0.184 e. The van der Waals surface area contributed by atoms with Gasteiger partial charge in [-0.25, -0.2) is 15.1 Å². The highest BCUT2D eigenvalue weighted by molar-refractivity contribution is 6.20. The first-order valence-corrected chi connectivity index (χ1v) is 11.7. The number of aliphatic hydroxyl groups excluding tert-OH is 1. The molecule has 3 N–H and O–H groups in total. The predicted molar refractivity (Wildman–Crippen MR) is 128 cm³/mol. The molecule has 2 atom stereocenters. The Bertz CT molecular complexity index is 1250. The van der Waals surface area contributed by atoms with Crippen molar-refractivity contribution < 1.29 is 9.90 Å². The van der Waals surface area contributed by atoms with Gasteiger partial charge in [-0.15, -0.1) is 0 Å². The van der Waals surface area contributed by atoms with E-state index in [9.17, 15) is 9.90 Å². The lowest BCUT2D eigenvalue weighted by atomic mass is 9.82. The minimum atomic E-state index is -0.307. The van der Waals surface area contributed by atoms with Gasteiger partial charge in [0, 0.05) is 17.7 Å². The summed E-state index contributed by atoms with van der Waals surface area (Å²) in [6.45, 7) is 3.69. The molecule has 2 unspecified atom stereocenters. The van der Waals surface area contributed by atoms with E-state index in [0.717, 1.165) is 42.2 Å². The maximum atomic E-state index is 12.7. The SMILES string of the molecule is O=C1CN=C2c3c(cccc31)NNC(c1ccc(CN3CCC3)cc1)C2c1ncnn1CCO. The molecule has 2 aromatic carbocycles. The average Bonchev–Trinajstić information content (AvgIpc) is 3.21. The van der Waals surface area contributed by atoms with Crippen molar-refractivity contribution in [3.8, 4) is 0 Å². The van der Waals surface area contributed by atoms with Crippen LogP contribution in [0.4, 0.5) is 5.69 Å². The second-order valence-corrected chi connectivity index (χ2v) is 9.01. The van der Waals surface area contributed by atoms with E-state index in [-0.39, 0.29) is 30.9 Å². The van der Waals surface area contributed by atoms with Crippen molar-refractivity contribution in [2.75, 3.05) is 31.7 Å². The van der Waals surface area contributed by atoms with Crippen LogP contribution in [0.5, 0.6) is 0 Å². The number of aromatic nitrogens is 3. The summed E-state index contributed by atoms with van der Waals surface area (Å²) in [5.41, 5.74) is 12.3. The van der Waals surface area contributed by atoms with Crippen LogP contribution in [0.1, 0.15) is 51.3 Å². The fourth-order valence-electron chi connectivity index (χ4n) is 5.09. The lowest BCUT2D eigenvalue weighted by molar-refractivity contribution is 0.1000. The van der Waals surface area contributed by atoms with Gasteiger partial charge in [0.15, 0.2) is 5.78 Å². The van der Waals surface area contributed by atoms with Gasteiger partial charge < -0.3 is 10.5 Å². The number of hydrazine groups is 1. The van der Waals surface area contributed by atoms with Crippen molar-refractivity contribution >= 4 is 17.2 Å². The van der Waals surface area contributed by atoms with Gasteiger partial charge >= 0.3 is 0 Å². The molecule has 34 heavy (non-hydrogen) atoms. The zero-order chi connectivity index (χ0) is 23.1. The molecule has 0 spiro atoms.